The molecule has 2 heterocycles. The van der Waals surface area contributed by atoms with Crippen molar-refractivity contribution in [2.24, 2.45) is 0 Å². The molecular weight excluding hydrogens is 287 g/mol. The largest absolute Gasteiger partial charge is 0.378 e. The molecular formula is C10H11ClF3N3S. The lowest BCUT2D eigenvalue weighted by molar-refractivity contribution is 0.122. The summed E-state index contributed by atoms with van der Waals surface area (Å²) in [6.07, 6.45) is 0.539. The zero-order chi connectivity index (χ0) is 12.3. The van der Waals surface area contributed by atoms with Crippen molar-refractivity contribution in [3.8, 4) is 0 Å². The maximum atomic E-state index is 12.7. The smallest absolute Gasteiger partial charge is 0.257 e. The van der Waals surface area contributed by atoms with Crippen LogP contribution in [0.4, 0.5) is 18.9 Å². The lowest BCUT2D eigenvalue weighted by Gasteiger charge is -2.00. The summed E-state index contributed by atoms with van der Waals surface area (Å²) in [5.41, 5.74) is 0.638. The third-order valence-corrected chi connectivity index (χ3v) is 2.93. The molecule has 0 bridgehead atoms. The van der Waals surface area contributed by atoms with Crippen molar-refractivity contribution in [3.63, 3.8) is 0 Å². The van der Waals surface area contributed by atoms with Crippen LogP contribution in [-0.2, 0) is 13.1 Å². The monoisotopic (exact) mass is 297 g/mol. The predicted octanol–water partition coefficient (Wildman–Crippen LogP) is 3.38. The van der Waals surface area contributed by atoms with Crippen LogP contribution < -0.4 is 5.32 Å². The van der Waals surface area contributed by atoms with Crippen LogP contribution in [-0.4, -0.2) is 16.2 Å². The van der Waals surface area contributed by atoms with E-state index >= 15 is 0 Å². The summed E-state index contributed by atoms with van der Waals surface area (Å²) in [6, 6.07) is 3.07. The molecule has 2 aromatic rings. The number of thiophene rings is 1. The fraction of sp³-hybridized carbons (Fsp3) is 0.300. The Hall–Kier alpha value is -1.21. The van der Waals surface area contributed by atoms with E-state index in [4.69, 9.17) is 0 Å². The summed E-state index contributed by atoms with van der Waals surface area (Å²) in [7, 11) is 0. The standard InChI is InChI=1S/C10H10F3N3S.ClH/c11-9(12)6-16-5-7(3-15-16)14-4-8-1-2-10(13)17-8;/h1-3,5,9,14H,4,6H2;1H. The summed E-state index contributed by atoms with van der Waals surface area (Å²) in [4.78, 5) is 0.837. The van der Waals surface area contributed by atoms with Crippen LogP contribution in [0.3, 0.4) is 0 Å². The van der Waals surface area contributed by atoms with Crippen LogP contribution in [0.15, 0.2) is 24.5 Å². The molecule has 100 valence electrons. The van der Waals surface area contributed by atoms with Crippen molar-refractivity contribution >= 4 is 29.4 Å². The van der Waals surface area contributed by atoms with Gasteiger partial charge >= 0.3 is 0 Å². The third kappa shape index (κ3) is 4.23. The second-order valence-electron chi connectivity index (χ2n) is 3.40. The average molecular weight is 298 g/mol. The minimum atomic E-state index is -2.42. The Morgan fingerprint density at radius 1 is 1.39 bits per heavy atom. The number of halogens is 4. The quantitative estimate of drug-likeness (QED) is 0.917. The molecule has 8 heteroatoms. The molecule has 0 aromatic carbocycles. The Morgan fingerprint density at radius 2 is 2.17 bits per heavy atom. The topological polar surface area (TPSA) is 29.9 Å². The molecule has 0 unspecified atom stereocenters. The first-order valence-corrected chi connectivity index (χ1v) is 5.74. The highest BCUT2D eigenvalue weighted by Crippen LogP contribution is 2.16. The number of hydrogen-bond acceptors (Lipinski definition) is 3. The minimum absolute atomic E-state index is 0. The van der Waals surface area contributed by atoms with Gasteiger partial charge in [0.1, 0.15) is 6.54 Å². The number of nitrogens with one attached hydrogen (secondary N) is 1. The normalized spacial score (nSPS) is 10.4. The number of rotatable bonds is 5. The number of anilines is 1. The van der Waals surface area contributed by atoms with Crippen molar-refractivity contribution in [3.05, 3.63) is 34.5 Å². The Morgan fingerprint density at radius 3 is 2.78 bits per heavy atom. The van der Waals surface area contributed by atoms with E-state index in [1.54, 1.807) is 6.07 Å². The SMILES string of the molecule is Cl.Fc1ccc(CNc2cnn(CC(F)F)c2)s1. The molecule has 0 saturated carbocycles. The van der Waals surface area contributed by atoms with Gasteiger partial charge in [0.25, 0.3) is 6.43 Å². The van der Waals surface area contributed by atoms with Gasteiger partial charge in [-0.15, -0.1) is 23.7 Å². The van der Waals surface area contributed by atoms with Gasteiger partial charge < -0.3 is 5.32 Å². The summed E-state index contributed by atoms with van der Waals surface area (Å²) >= 11 is 1.05. The van der Waals surface area contributed by atoms with Crippen LogP contribution in [0, 0.1) is 5.13 Å². The van der Waals surface area contributed by atoms with Crippen LogP contribution in [0.5, 0.6) is 0 Å². The molecule has 0 atom stereocenters. The summed E-state index contributed by atoms with van der Waals surface area (Å²) in [5, 5.41) is 6.52. The molecule has 3 nitrogen and oxygen atoms in total. The molecule has 1 N–H and O–H groups in total. The van der Waals surface area contributed by atoms with Gasteiger partial charge in [-0.2, -0.15) is 9.49 Å². The Balaban J connectivity index is 0.00000162. The molecule has 0 aliphatic rings. The van der Waals surface area contributed by atoms with E-state index < -0.39 is 13.0 Å². The molecule has 0 fully saturated rings. The van der Waals surface area contributed by atoms with Crippen molar-refractivity contribution in [2.45, 2.75) is 19.5 Å². The highest BCUT2D eigenvalue weighted by Gasteiger charge is 2.06. The first kappa shape index (κ1) is 14.8. The highest BCUT2D eigenvalue weighted by molar-refractivity contribution is 7.10. The van der Waals surface area contributed by atoms with Crippen LogP contribution in [0.25, 0.3) is 0 Å². The Kier molecular flexibility index (Phi) is 5.49. The van der Waals surface area contributed by atoms with Gasteiger partial charge in [-0.1, -0.05) is 0 Å². The maximum Gasteiger partial charge on any atom is 0.257 e. The number of nitrogens with zero attached hydrogens (tertiary/aromatic N) is 2. The van der Waals surface area contributed by atoms with Crippen molar-refractivity contribution in [1.29, 1.82) is 0 Å². The van der Waals surface area contributed by atoms with E-state index in [9.17, 15) is 13.2 Å². The first-order valence-electron chi connectivity index (χ1n) is 4.92. The summed E-state index contributed by atoms with van der Waals surface area (Å²) in [5.74, 6) is 0. The Bertz CT molecular complexity index is 486. The van der Waals surface area contributed by atoms with Gasteiger partial charge in [-0.25, -0.2) is 8.78 Å². The second kappa shape index (κ2) is 6.65. The molecule has 2 aromatic heterocycles. The van der Waals surface area contributed by atoms with E-state index in [0.717, 1.165) is 16.2 Å². The Labute approximate surface area is 112 Å². The highest BCUT2D eigenvalue weighted by atomic mass is 35.5. The molecule has 18 heavy (non-hydrogen) atoms. The van der Waals surface area contributed by atoms with Crippen LogP contribution in [0.1, 0.15) is 4.88 Å². The van der Waals surface area contributed by atoms with Crippen molar-refractivity contribution < 1.29 is 13.2 Å². The molecule has 0 aliphatic heterocycles. The van der Waals surface area contributed by atoms with Gasteiger partial charge in [0.15, 0.2) is 5.13 Å². The number of hydrogen-bond donors (Lipinski definition) is 1. The predicted molar refractivity (Wildman–Crippen MR) is 67.1 cm³/mol. The van der Waals surface area contributed by atoms with Gasteiger partial charge in [0.05, 0.1) is 11.9 Å². The van der Waals surface area contributed by atoms with E-state index in [-0.39, 0.29) is 17.5 Å². The van der Waals surface area contributed by atoms with E-state index in [1.807, 2.05) is 0 Å². The number of aromatic nitrogens is 2. The fourth-order valence-electron chi connectivity index (χ4n) is 1.33. The van der Waals surface area contributed by atoms with Crippen LogP contribution >= 0.6 is 23.7 Å². The summed E-state index contributed by atoms with van der Waals surface area (Å²) in [6.45, 7) is 0.0320. The average Bonchev–Trinajstić information content (AvgIpc) is 2.84. The zero-order valence-corrected chi connectivity index (χ0v) is 10.8. The molecule has 0 saturated heterocycles. The van der Waals surface area contributed by atoms with Gasteiger partial charge in [-0.3, -0.25) is 4.68 Å². The third-order valence-electron chi connectivity index (χ3n) is 2.05. The fourth-order valence-corrected chi connectivity index (χ4v) is 2.00. The second-order valence-corrected chi connectivity index (χ2v) is 4.52. The van der Waals surface area contributed by atoms with Crippen molar-refractivity contribution in [2.75, 3.05) is 5.32 Å². The molecule has 0 amide bonds. The van der Waals surface area contributed by atoms with E-state index in [0.29, 0.717) is 12.2 Å². The molecule has 2 rings (SSSR count). The minimum Gasteiger partial charge on any atom is -0.378 e. The molecule has 0 aliphatic carbocycles. The van der Waals surface area contributed by atoms with Gasteiger partial charge in [0, 0.05) is 17.6 Å². The molecule has 0 radical (unpaired) electrons. The van der Waals surface area contributed by atoms with Crippen LogP contribution in [0.2, 0.25) is 0 Å². The van der Waals surface area contributed by atoms with Crippen molar-refractivity contribution in [1.82, 2.24) is 9.78 Å². The van der Waals surface area contributed by atoms with Gasteiger partial charge in [-0.05, 0) is 12.1 Å². The molecule has 0 spiro atoms. The zero-order valence-electron chi connectivity index (χ0n) is 9.15. The lowest BCUT2D eigenvalue weighted by Crippen LogP contribution is -2.06. The van der Waals surface area contributed by atoms with E-state index in [2.05, 4.69) is 10.4 Å². The first-order chi connectivity index (χ1) is 8.13. The van der Waals surface area contributed by atoms with E-state index in [1.165, 1.54) is 23.1 Å². The maximum absolute atomic E-state index is 12.7. The number of alkyl halides is 2. The summed E-state index contributed by atoms with van der Waals surface area (Å²) < 4.78 is 38.0. The van der Waals surface area contributed by atoms with Gasteiger partial charge in [0.2, 0.25) is 0 Å². The lowest BCUT2D eigenvalue weighted by atomic mass is 10.4.